The molecule has 1 rings (SSSR count). The SMILES string of the molecule is CC(=O)N1CCCC1S(=O)(=O)[O-]. The molecule has 5 nitrogen and oxygen atoms in total. The van der Waals surface area contributed by atoms with Crippen molar-refractivity contribution in [2.45, 2.75) is 25.1 Å². The zero-order valence-electron chi connectivity index (χ0n) is 6.69. The van der Waals surface area contributed by atoms with E-state index in [1.165, 1.54) is 6.92 Å². The smallest absolute Gasteiger partial charge is 0.220 e. The number of likely N-dealkylation sites (tertiary alicyclic amines) is 1. The Morgan fingerprint density at radius 2 is 2.17 bits per heavy atom. The summed E-state index contributed by atoms with van der Waals surface area (Å²) in [6, 6.07) is 0. The van der Waals surface area contributed by atoms with Crippen LogP contribution in [-0.4, -0.2) is 35.7 Å². The summed E-state index contributed by atoms with van der Waals surface area (Å²) < 4.78 is 31.8. The molecule has 1 aliphatic rings. The number of nitrogens with zero attached hydrogens (tertiary/aromatic N) is 1. The van der Waals surface area contributed by atoms with Gasteiger partial charge in [0.2, 0.25) is 5.91 Å². The molecule has 6 heteroatoms. The van der Waals surface area contributed by atoms with E-state index in [2.05, 4.69) is 0 Å². The van der Waals surface area contributed by atoms with Gasteiger partial charge in [-0.25, -0.2) is 8.42 Å². The minimum absolute atomic E-state index is 0.269. The van der Waals surface area contributed by atoms with E-state index in [1.54, 1.807) is 0 Å². The lowest BCUT2D eigenvalue weighted by Crippen LogP contribution is -2.38. The third kappa shape index (κ3) is 1.75. The van der Waals surface area contributed by atoms with Gasteiger partial charge in [-0.3, -0.25) is 4.79 Å². The molecule has 0 N–H and O–H groups in total. The Morgan fingerprint density at radius 3 is 2.50 bits per heavy atom. The van der Waals surface area contributed by atoms with Crippen LogP contribution in [-0.2, 0) is 14.9 Å². The van der Waals surface area contributed by atoms with E-state index in [0.29, 0.717) is 13.0 Å². The molecular formula is C6H10NO4S-. The number of hydrogen-bond acceptors (Lipinski definition) is 4. The Bertz CT molecular complexity index is 284. The largest absolute Gasteiger partial charge is 0.746 e. The Balaban J connectivity index is 2.85. The zero-order chi connectivity index (χ0) is 9.35. The summed E-state index contributed by atoms with van der Waals surface area (Å²) in [5.41, 5.74) is 0. The van der Waals surface area contributed by atoms with Gasteiger partial charge in [0.25, 0.3) is 0 Å². The highest BCUT2D eigenvalue weighted by atomic mass is 32.2. The maximum Gasteiger partial charge on any atom is 0.220 e. The first-order valence-electron chi connectivity index (χ1n) is 3.65. The van der Waals surface area contributed by atoms with E-state index in [-0.39, 0.29) is 12.3 Å². The Morgan fingerprint density at radius 1 is 1.58 bits per heavy atom. The second-order valence-electron chi connectivity index (χ2n) is 2.80. The summed E-state index contributed by atoms with van der Waals surface area (Å²) in [5, 5.41) is -1.13. The lowest BCUT2D eigenvalue weighted by Gasteiger charge is -2.25. The number of carbonyl (C=O) groups is 1. The third-order valence-electron chi connectivity index (χ3n) is 1.94. The second-order valence-corrected chi connectivity index (χ2v) is 4.33. The van der Waals surface area contributed by atoms with Crippen LogP contribution < -0.4 is 0 Å². The second kappa shape index (κ2) is 3.02. The van der Waals surface area contributed by atoms with Gasteiger partial charge in [0.1, 0.15) is 15.5 Å². The van der Waals surface area contributed by atoms with Crippen LogP contribution in [0, 0.1) is 0 Å². The molecule has 70 valence electrons. The Hall–Kier alpha value is -0.620. The highest BCUT2D eigenvalue weighted by molar-refractivity contribution is 7.86. The Labute approximate surface area is 71.1 Å². The average molecular weight is 192 g/mol. The molecule has 0 spiro atoms. The van der Waals surface area contributed by atoms with Crippen LogP contribution in [0.2, 0.25) is 0 Å². The maximum atomic E-state index is 10.8. The molecule has 1 aliphatic heterocycles. The summed E-state index contributed by atoms with van der Waals surface area (Å²) in [7, 11) is -4.34. The van der Waals surface area contributed by atoms with Crippen LogP contribution in [0.15, 0.2) is 0 Å². The van der Waals surface area contributed by atoms with Gasteiger partial charge in [0.05, 0.1) is 0 Å². The monoisotopic (exact) mass is 192 g/mol. The number of rotatable bonds is 1. The van der Waals surface area contributed by atoms with Crippen molar-refractivity contribution < 1.29 is 17.8 Å². The van der Waals surface area contributed by atoms with Crippen molar-refractivity contribution >= 4 is 16.0 Å². The zero-order valence-corrected chi connectivity index (χ0v) is 7.50. The van der Waals surface area contributed by atoms with E-state index in [0.717, 1.165) is 4.90 Å². The maximum absolute atomic E-state index is 10.8. The topological polar surface area (TPSA) is 77.5 Å². The molecule has 0 radical (unpaired) electrons. The highest BCUT2D eigenvalue weighted by Gasteiger charge is 2.31. The third-order valence-corrected chi connectivity index (χ3v) is 3.09. The van der Waals surface area contributed by atoms with Gasteiger partial charge in [0.15, 0.2) is 0 Å². The molecule has 1 unspecified atom stereocenters. The molecule has 1 saturated heterocycles. The van der Waals surface area contributed by atoms with Crippen molar-refractivity contribution in [2.75, 3.05) is 6.54 Å². The van der Waals surface area contributed by atoms with Gasteiger partial charge in [0, 0.05) is 13.5 Å². The van der Waals surface area contributed by atoms with Gasteiger partial charge >= 0.3 is 0 Å². The van der Waals surface area contributed by atoms with Crippen molar-refractivity contribution in [2.24, 2.45) is 0 Å². The van der Waals surface area contributed by atoms with Crippen LogP contribution in [0.25, 0.3) is 0 Å². The average Bonchev–Trinajstić information content (AvgIpc) is 2.30. The van der Waals surface area contributed by atoms with E-state index < -0.39 is 15.5 Å². The fraction of sp³-hybridized carbons (Fsp3) is 0.833. The minimum atomic E-state index is -4.34. The first-order chi connectivity index (χ1) is 5.43. The van der Waals surface area contributed by atoms with E-state index >= 15 is 0 Å². The molecule has 0 aliphatic carbocycles. The molecule has 0 aromatic rings. The van der Waals surface area contributed by atoms with Crippen LogP contribution in [0.1, 0.15) is 19.8 Å². The van der Waals surface area contributed by atoms with Gasteiger partial charge in [-0.2, -0.15) is 0 Å². The predicted octanol–water partition coefficient (Wildman–Crippen LogP) is -0.500. The van der Waals surface area contributed by atoms with Crippen molar-refractivity contribution in [1.29, 1.82) is 0 Å². The summed E-state index contributed by atoms with van der Waals surface area (Å²) in [4.78, 5) is 11.9. The molecule has 0 aromatic heterocycles. The minimum Gasteiger partial charge on any atom is -0.746 e. The van der Waals surface area contributed by atoms with Gasteiger partial charge < -0.3 is 9.45 Å². The predicted molar refractivity (Wildman–Crippen MR) is 40.1 cm³/mol. The number of amides is 1. The first-order valence-corrected chi connectivity index (χ1v) is 5.12. The fourth-order valence-electron chi connectivity index (χ4n) is 1.40. The van der Waals surface area contributed by atoms with Crippen LogP contribution >= 0.6 is 0 Å². The van der Waals surface area contributed by atoms with Crippen LogP contribution in [0.5, 0.6) is 0 Å². The number of hydrogen-bond donors (Lipinski definition) is 0. The molecule has 1 atom stereocenters. The number of carbonyl (C=O) groups excluding carboxylic acids is 1. The summed E-state index contributed by atoms with van der Waals surface area (Å²) in [6.07, 6.45) is 0.858. The van der Waals surface area contributed by atoms with E-state index in [9.17, 15) is 17.8 Å². The molecule has 1 heterocycles. The standard InChI is InChI=1S/C6H11NO4S/c1-5(8)7-4-2-3-6(7)12(9,10)11/h6H,2-4H2,1H3,(H,9,10,11)/p-1. The molecule has 1 amide bonds. The molecule has 0 bridgehead atoms. The lowest BCUT2D eigenvalue weighted by molar-refractivity contribution is -0.128. The van der Waals surface area contributed by atoms with Crippen molar-refractivity contribution in [3.05, 3.63) is 0 Å². The van der Waals surface area contributed by atoms with Gasteiger partial charge in [-0.05, 0) is 12.8 Å². The lowest BCUT2D eigenvalue weighted by atomic mass is 10.4. The van der Waals surface area contributed by atoms with Gasteiger partial charge in [-0.1, -0.05) is 0 Å². The first kappa shape index (κ1) is 9.47. The van der Waals surface area contributed by atoms with E-state index in [1.807, 2.05) is 0 Å². The molecule has 12 heavy (non-hydrogen) atoms. The highest BCUT2D eigenvalue weighted by Crippen LogP contribution is 2.20. The fourth-order valence-corrected chi connectivity index (χ4v) is 2.42. The van der Waals surface area contributed by atoms with Crippen molar-refractivity contribution in [3.8, 4) is 0 Å². The normalized spacial score (nSPS) is 24.5. The molecule has 1 fully saturated rings. The van der Waals surface area contributed by atoms with Crippen molar-refractivity contribution in [3.63, 3.8) is 0 Å². The summed E-state index contributed by atoms with van der Waals surface area (Å²) in [5.74, 6) is -0.350. The van der Waals surface area contributed by atoms with Gasteiger partial charge in [-0.15, -0.1) is 0 Å². The summed E-state index contributed by atoms with van der Waals surface area (Å²) in [6.45, 7) is 1.64. The molecule has 0 aromatic carbocycles. The molecular weight excluding hydrogens is 182 g/mol. The quantitative estimate of drug-likeness (QED) is 0.525. The Kier molecular flexibility index (Phi) is 2.39. The molecule has 0 saturated carbocycles. The summed E-state index contributed by atoms with van der Waals surface area (Å²) >= 11 is 0. The van der Waals surface area contributed by atoms with Crippen molar-refractivity contribution in [1.82, 2.24) is 4.90 Å². The van der Waals surface area contributed by atoms with Crippen LogP contribution in [0.4, 0.5) is 0 Å². The van der Waals surface area contributed by atoms with Crippen LogP contribution in [0.3, 0.4) is 0 Å². The van der Waals surface area contributed by atoms with E-state index in [4.69, 9.17) is 0 Å².